The van der Waals surface area contributed by atoms with Gasteiger partial charge in [0.2, 0.25) is 11.8 Å². The number of amides is 2. The first-order valence-corrected chi connectivity index (χ1v) is 9.30. The predicted octanol–water partition coefficient (Wildman–Crippen LogP) is 1.43. The van der Waals surface area contributed by atoms with E-state index in [1.165, 1.54) is 9.80 Å². The highest BCUT2D eigenvalue weighted by molar-refractivity contribution is 7.80. The summed E-state index contributed by atoms with van der Waals surface area (Å²) in [7, 11) is 3.30. The van der Waals surface area contributed by atoms with Crippen LogP contribution in [0.5, 0.6) is 0 Å². The van der Waals surface area contributed by atoms with Gasteiger partial charge < -0.3 is 9.64 Å². The number of para-hydroxylation sites is 1. The van der Waals surface area contributed by atoms with Crippen LogP contribution in [0.3, 0.4) is 0 Å². The molecule has 4 rings (SSSR count). The molecule has 0 N–H and O–H groups in total. The lowest BCUT2D eigenvalue weighted by molar-refractivity contribution is -0.164. The SMILES string of the molecule is C[C@H]1CN2c3ccccc3CC3(C(=O)N(C)C(=S)N(C)C3=O)[C@@H]2[C@@H](C)O1. The monoisotopic (exact) mass is 373 g/mol. The smallest absolute Gasteiger partial charge is 0.246 e. The summed E-state index contributed by atoms with van der Waals surface area (Å²) in [6.45, 7) is 4.62. The Kier molecular flexibility index (Phi) is 3.86. The van der Waals surface area contributed by atoms with Gasteiger partial charge in [-0.25, -0.2) is 0 Å². The first-order chi connectivity index (χ1) is 12.3. The Morgan fingerprint density at radius 3 is 2.38 bits per heavy atom. The number of rotatable bonds is 0. The summed E-state index contributed by atoms with van der Waals surface area (Å²) >= 11 is 5.30. The van der Waals surface area contributed by atoms with Crippen molar-refractivity contribution in [3.8, 4) is 0 Å². The zero-order chi connectivity index (χ0) is 18.8. The quantitative estimate of drug-likeness (QED) is 0.509. The number of anilines is 1. The number of thiocarbonyl (C=S) groups is 1. The minimum absolute atomic E-state index is 0.0230. The molecule has 2 fully saturated rings. The van der Waals surface area contributed by atoms with Crippen LogP contribution in [0, 0.1) is 5.41 Å². The minimum Gasteiger partial charge on any atom is -0.372 e. The molecule has 0 aliphatic carbocycles. The van der Waals surface area contributed by atoms with Gasteiger partial charge >= 0.3 is 0 Å². The first-order valence-electron chi connectivity index (χ1n) is 8.89. The van der Waals surface area contributed by atoms with Gasteiger partial charge in [0.05, 0.1) is 18.2 Å². The number of benzene rings is 1. The van der Waals surface area contributed by atoms with Gasteiger partial charge in [-0.2, -0.15) is 0 Å². The molecule has 2 amide bonds. The lowest BCUT2D eigenvalue weighted by atomic mass is 9.66. The molecule has 3 atom stereocenters. The molecule has 0 saturated carbocycles. The van der Waals surface area contributed by atoms with Gasteiger partial charge in [-0.15, -0.1) is 0 Å². The van der Waals surface area contributed by atoms with Crippen LogP contribution in [-0.4, -0.2) is 65.6 Å². The number of carbonyl (C=O) groups excluding carboxylic acids is 2. The molecule has 0 unspecified atom stereocenters. The van der Waals surface area contributed by atoms with Gasteiger partial charge in [0.1, 0.15) is 0 Å². The van der Waals surface area contributed by atoms with E-state index in [2.05, 4.69) is 11.0 Å². The van der Waals surface area contributed by atoms with Crippen molar-refractivity contribution in [2.75, 3.05) is 25.5 Å². The molecule has 1 aromatic rings. The van der Waals surface area contributed by atoms with E-state index in [4.69, 9.17) is 17.0 Å². The van der Waals surface area contributed by atoms with E-state index in [1.54, 1.807) is 14.1 Å². The Balaban J connectivity index is 1.94. The maximum Gasteiger partial charge on any atom is 0.246 e. The van der Waals surface area contributed by atoms with Gasteiger partial charge in [-0.1, -0.05) is 18.2 Å². The fraction of sp³-hybridized carbons (Fsp3) is 0.526. The van der Waals surface area contributed by atoms with Crippen molar-refractivity contribution in [3.05, 3.63) is 29.8 Å². The molecule has 26 heavy (non-hydrogen) atoms. The topological polar surface area (TPSA) is 53.1 Å². The molecule has 3 aliphatic rings. The highest BCUT2D eigenvalue weighted by Gasteiger charge is 2.64. The van der Waals surface area contributed by atoms with E-state index in [9.17, 15) is 9.59 Å². The summed E-state index contributed by atoms with van der Waals surface area (Å²) in [6, 6.07) is 7.66. The van der Waals surface area contributed by atoms with E-state index in [1.807, 2.05) is 32.0 Å². The number of nitrogens with zero attached hydrogens (tertiary/aromatic N) is 3. The molecule has 3 heterocycles. The third-order valence-corrected chi connectivity index (χ3v) is 6.45. The standard InChI is InChI=1S/C19H23N3O3S/c1-11-10-22-14-8-6-5-7-13(14)9-19(15(22)12(2)25-11)16(23)20(3)18(26)21(4)17(19)24/h5-8,11-12,15H,9-10H2,1-4H3/t11-,12+,15-/m0/s1. The Labute approximate surface area is 158 Å². The molecule has 1 spiro atoms. The van der Waals surface area contributed by atoms with Gasteiger partial charge in [0.15, 0.2) is 10.5 Å². The van der Waals surface area contributed by atoms with Crippen LogP contribution in [0.2, 0.25) is 0 Å². The summed E-state index contributed by atoms with van der Waals surface area (Å²) < 4.78 is 6.08. The second-order valence-electron chi connectivity index (χ2n) is 7.54. The summed E-state index contributed by atoms with van der Waals surface area (Å²) in [5, 5.41) is 0.244. The van der Waals surface area contributed by atoms with Crippen molar-refractivity contribution in [1.82, 2.24) is 9.80 Å². The van der Waals surface area contributed by atoms with Crippen LogP contribution in [-0.2, 0) is 20.7 Å². The lowest BCUT2D eigenvalue weighted by Crippen LogP contribution is -2.75. The van der Waals surface area contributed by atoms with Gasteiger partial charge in [0.25, 0.3) is 0 Å². The highest BCUT2D eigenvalue weighted by atomic mass is 32.1. The average molecular weight is 373 g/mol. The minimum atomic E-state index is -1.22. The van der Waals surface area contributed by atoms with Gasteiger partial charge in [0, 0.05) is 26.3 Å². The molecule has 0 aromatic heterocycles. The summed E-state index contributed by atoms with van der Waals surface area (Å²) in [5.74, 6) is -0.472. The number of hydrogen-bond acceptors (Lipinski definition) is 5. The van der Waals surface area contributed by atoms with E-state index in [0.29, 0.717) is 13.0 Å². The maximum atomic E-state index is 13.5. The van der Waals surface area contributed by atoms with Crippen LogP contribution in [0.25, 0.3) is 0 Å². The van der Waals surface area contributed by atoms with Crippen LogP contribution in [0.1, 0.15) is 19.4 Å². The normalized spacial score (nSPS) is 30.5. The van der Waals surface area contributed by atoms with Crippen molar-refractivity contribution in [2.24, 2.45) is 5.41 Å². The second kappa shape index (κ2) is 5.76. The Morgan fingerprint density at radius 1 is 1.12 bits per heavy atom. The molecule has 7 heteroatoms. The summed E-state index contributed by atoms with van der Waals surface area (Å²) in [6.07, 6.45) is 0.129. The van der Waals surface area contributed by atoms with Crippen molar-refractivity contribution in [2.45, 2.75) is 38.5 Å². The Morgan fingerprint density at radius 2 is 1.73 bits per heavy atom. The summed E-state index contributed by atoms with van der Waals surface area (Å²) in [4.78, 5) is 32.0. The van der Waals surface area contributed by atoms with E-state index in [0.717, 1.165) is 11.3 Å². The molecule has 6 nitrogen and oxygen atoms in total. The number of carbonyl (C=O) groups is 2. The molecule has 138 valence electrons. The number of fused-ring (bicyclic) bond motifs is 4. The summed E-state index contributed by atoms with van der Waals surface area (Å²) in [5.41, 5.74) is 0.880. The van der Waals surface area contributed by atoms with E-state index >= 15 is 0 Å². The van der Waals surface area contributed by atoms with Crippen LogP contribution >= 0.6 is 12.2 Å². The lowest BCUT2D eigenvalue weighted by Gasteiger charge is -2.57. The molecule has 3 aliphatic heterocycles. The maximum absolute atomic E-state index is 13.5. The van der Waals surface area contributed by atoms with Gasteiger partial charge in [-0.05, 0) is 44.1 Å². The molecule has 0 bridgehead atoms. The fourth-order valence-corrected chi connectivity index (χ4v) is 5.05. The van der Waals surface area contributed by atoms with Crippen molar-refractivity contribution < 1.29 is 14.3 Å². The molecular formula is C19H23N3O3S. The van der Waals surface area contributed by atoms with Crippen molar-refractivity contribution in [1.29, 1.82) is 0 Å². The molecule has 0 radical (unpaired) electrons. The third kappa shape index (κ3) is 2.10. The highest BCUT2D eigenvalue weighted by Crippen LogP contribution is 2.48. The number of hydrogen-bond donors (Lipinski definition) is 0. The largest absolute Gasteiger partial charge is 0.372 e. The zero-order valence-corrected chi connectivity index (χ0v) is 16.2. The first kappa shape index (κ1) is 17.4. The van der Waals surface area contributed by atoms with Gasteiger partial charge in [-0.3, -0.25) is 19.4 Å². The molecular weight excluding hydrogens is 350 g/mol. The Bertz CT molecular complexity index is 787. The zero-order valence-electron chi connectivity index (χ0n) is 15.4. The van der Waals surface area contributed by atoms with Crippen molar-refractivity contribution >= 4 is 34.8 Å². The molecule has 1 aromatic carbocycles. The average Bonchev–Trinajstić information content (AvgIpc) is 2.62. The van der Waals surface area contributed by atoms with Crippen LogP contribution in [0.15, 0.2) is 24.3 Å². The number of morpholine rings is 1. The number of ether oxygens (including phenoxy) is 1. The second-order valence-corrected chi connectivity index (χ2v) is 7.90. The molecule has 2 saturated heterocycles. The van der Waals surface area contributed by atoms with Crippen LogP contribution in [0.4, 0.5) is 5.69 Å². The van der Waals surface area contributed by atoms with Crippen LogP contribution < -0.4 is 4.90 Å². The third-order valence-electron chi connectivity index (χ3n) is 5.90. The van der Waals surface area contributed by atoms with E-state index in [-0.39, 0.29) is 35.2 Å². The van der Waals surface area contributed by atoms with Crippen molar-refractivity contribution in [3.63, 3.8) is 0 Å². The Hall–Kier alpha value is -1.99. The fourth-order valence-electron chi connectivity index (χ4n) is 4.88. The van der Waals surface area contributed by atoms with E-state index < -0.39 is 5.41 Å². The predicted molar refractivity (Wildman–Crippen MR) is 102 cm³/mol.